The van der Waals surface area contributed by atoms with Crippen molar-refractivity contribution >= 4 is 24.5 Å². The fraction of sp³-hybridized carbons (Fsp3) is 0.320. The van der Waals surface area contributed by atoms with Gasteiger partial charge in [-0.05, 0) is 31.5 Å². The van der Waals surface area contributed by atoms with Crippen molar-refractivity contribution in [3.63, 3.8) is 0 Å². The molecule has 2 heterocycles. The van der Waals surface area contributed by atoms with Gasteiger partial charge in [0.25, 0.3) is 0 Å². The fourth-order valence-corrected chi connectivity index (χ4v) is 5.47. The van der Waals surface area contributed by atoms with Gasteiger partial charge in [-0.2, -0.15) is 0 Å². The summed E-state index contributed by atoms with van der Waals surface area (Å²) < 4.78 is 33.4. The van der Waals surface area contributed by atoms with Crippen LogP contribution in [0.15, 0.2) is 73.3 Å². The molecule has 3 N–H and O–H groups in total. The second-order valence-electron chi connectivity index (χ2n) is 8.54. The monoisotopic (exact) mass is 510 g/mol. The van der Waals surface area contributed by atoms with Crippen LogP contribution in [0, 0.1) is 0 Å². The molecule has 0 radical (unpaired) electrons. The molecule has 10 nitrogen and oxygen atoms in total. The normalized spacial score (nSPS) is 14.8. The first-order chi connectivity index (χ1) is 17.4. The van der Waals surface area contributed by atoms with Crippen LogP contribution < -0.4 is 15.3 Å². The number of para-hydroxylation sites is 1. The quantitative estimate of drug-likeness (QED) is 0.254. The minimum absolute atomic E-state index is 0.129. The molecule has 0 saturated carbocycles. The van der Waals surface area contributed by atoms with E-state index in [1.54, 1.807) is 18.5 Å². The number of fused-ring (bicyclic) bond motifs is 1. The Hall–Kier alpha value is -3.30. The van der Waals surface area contributed by atoms with Gasteiger partial charge in [-0.3, -0.25) is 4.57 Å². The molecule has 0 spiro atoms. The largest absolute Gasteiger partial charge is 0.431 e. The van der Waals surface area contributed by atoms with Crippen molar-refractivity contribution in [3.05, 3.63) is 78.9 Å². The van der Waals surface area contributed by atoms with Crippen molar-refractivity contribution in [1.29, 1.82) is 0 Å². The third kappa shape index (κ3) is 7.11. The summed E-state index contributed by atoms with van der Waals surface area (Å²) in [6, 6.07) is 18.7. The van der Waals surface area contributed by atoms with Gasteiger partial charge < -0.3 is 24.3 Å². The van der Waals surface area contributed by atoms with Crippen LogP contribution in [0.4, 0.5) is 5.82 Å². The lowest BCUT2D eigenvalue weighted by Crippen LogP contribution is -2.32. The standard InChI is InChI=1S/C25H31N6O4P/c1-19(14-33-15-21-9-5-3-6-10-21)30-36(32,35-22-11-7-4-8-12-22)18-34-20(2)13-31-17-29-23-24(26)27-16-28-25(23)31/h3-12,16-17,19-20H,13-15,18H2,1-2H3,(H,30,32)(H2,26,27,28)/t19-,20-,36?/m1/s1. The average molecular weight is 511 g/mol. The Balaban J connectivity index is 1.37. The molecule has 0 aliphatic rings. The molecule has 11 heteroatoms. The van der Waals surface area contributed by atoms with Crippen molar-refractivity contribution < 1.29 is 18.6 Å². The Morgan fingerprint density at radius 2 is 1.75 bits per heavy atom. The first-order valence-corrected chi connectivity index (χ1v) is 13.5. The van der Waals surface area contributed by atoms with E-state index in [1.807, 2.05) is 66.9 Å². The van der Waals surface area contributed by atoms with Crippen molar-refractivity contribution in [2.75, 3.05) is 18.7 Å². The first kappa shape index (κ1) is 25.8. The Bertz CT molecular complexity index is 1290. The van der Waals surface area contributed by atoms with Crippen LogP contribution in [0.3, 0.4) is 0 Å². The highest BCUT2D eigenvalue weighted by molar-refractivity contribution is 7.57. The minimum Gasteiger partial charge on any atom is -0.431 e. The first-order valence-electron chi connectivity index (χ1n) is 11.7. The fourth-order valence-electron chi connectivity index (χ4n) is 3.63. The van der Waals surface area contributed by atoms with E-state index < -0.39 is 7.52 Å². The second-order valence-corrected chi connectivity index (χ2v) is 10.6. The van der Waals surface area contributed by atoms with Gasteiger partial charge in [-0.15, -0.1) is 0 Å². The Kier molecular flexibility index (Phi) is 8.66. The van der Waals surface area contributed by atoms with Gasteiger partial charge in [0.2, 0.25) is 0 Å². The van der Waals surface area contributed by atoms with Crippen LogP contribution in [-0.4, -0.2) is 44.6 Å². The molecule has 4 aromatic rings. The van der Waals surface area contributed by atoms with Gasteiger partial charge in [-0.1, -0.05) is 48.5 Å². The smallest absolute Gasteiger partial charge is 0.342 e. The summed E-state index contributed by atoms with van der Waals surface area (Å²) in [4.78, 5) is 12.5. The minimum atomic E-state index is -3.43. The van der Waals surface area contributed by atoms with Gasteiger partial charge in [0, 0.05) is 6.04 Å². The maximum absolute atomic E-state index is 13.8. The summed E-state index contributed by atoms with van der Waals surface area (Å²) in [6.45, 7) is 5.05. The van der Waals surface area contributed by atoms with E-state index in [9.17, 15) is 4.57 Å². The van der Waals surface area contributed by atoms with E-state index >= 15 is 0 Å². The molecule has 0 fully saturated rings. The van der Waals surface area contributed by atoms with E-state index in [2.05, 4.69) is 20.0 Å². The van der Waals surface area contributed by atoms with Gasteiger partial charge in [0.1, 0.15) is 23.9 Å². The summed E-state index contributed by atoms with van der Waals surface area (Å²) in [7, 11) is -3.43. The lowest BCUT2D eigenvalue weighted by atomic mass is 10.2. The van der Waals surface area contributed by atoms with Gasteiger partial charge in [0.05, 0.1) is 32.2 Å². The number of ether oxygens (including phenoxy) is 2. The zero-order valence-electron chi connectivity index (χ0n) is 20.4. The van der Waals surface area contributed by atoms with Gasteiger partial charge in [-0.25, -0.2) is 20.0 Å². The maximum atomic E-state index is 13.8. The maximum Gasteiger partial charge on any atom is 0.342 e. The number of nitrogens with one attached hydrogen (secondary N) is 1. The molecule has 2 aromatic heterocycles. The van der Waals surface area contributed by atoms with E-state index in [-0.39, 0.29) is 18.5 Å². The third-order valence-electron chi connectivity index (χ3n) is 5.30. The molecule has 1 unspecified atom stereocenters. The third-order valence-corrected chi connectivity index (χ3v) is 7.13. The molecule has 2 aromatic carbocycles. The summed E-state index contributed by atoms with van der Waals surface area (Å²) in [5.74, 6) is 0.815. The number of benzene rings is 2. The SMILES string of the molecule is C[C@H](COCc1ccccc1)NP(=O)(CO[C@H](C)Cn1cnc2c(N)ncnc21)Oc1ccccc1. The lowest BCUT2D eigenvalue weighted by Gasteiger charge is -2.25. The molecule has 3 atom stereocenters. The van der Waals surface area contributed by atoms with E-state index in [1.165, 1.54) is 6.33 Å². The number of imidazole rings is 1. The Morgan fingerprint density at radius 3 is 2.50 bits per heavy atom. The van der Waals surface area contributed by atoms with Crippen molar-refractivity contribution in [1.82, 2.24) is 24.6 Å². The average Bonchev–Trinajstić information content (AvgIpc) is 3.28. The number of anilines is 1. The number of aromatic nitrogens is 4. The molecule has 0 saturated heterocycles. The summed E-state index contributed by atoms with van der Waals surface area (Å²) in [5.41, 5.74) is 8.10. The highest BCUT2D eigenvalue weighted by Crippen LogP contribution is 2.44. The molecular formula is C25H31N6O4P. The van der Waals surface area contributed by atoms with E-state index in [0.29, 0.717) is 42.5 Å². The Labute approximate surface area is 210 Å². The molecular weight excluding hydrogens is 479 g/mol. The number of nitrogens with two attached hydrogens (primary N) is 1. The second kappa shape index (κ2) is 12.1. The topological polar surface area (TPSA) is 126 Å². The van der Waals surface area contributed by atoms with Crippen LogP contribution in [0.1, 0.15) is 19.4 Å². The molecule has 4 rings (SSSR count). The highest BCUT2D eigenvalue weighted by atomic mass is 31.2. The zero-order chi connectivity index (χ0) is 25.4. The molecule has 0 amide bonds. The number of nitrogens with zero attached hydrogens (tertiary/aromatic N) is 4. The predicted molar refractivity (Wildman–Crippen MR) is 139 cm³/mol. The van der Waals surface area contributed by atoms with Crippen molar-refractivity contribution in [2.45, 2.75) is 39.1 Å². The molecule has 190 valence electrons. The number of nitrogen functional groups attached to an aromatic ring is 1. The summed E-state index contributed by atoms with van der Waals surface area (Å²) in [6.07, 6.45) is 2.60. The number of rotatable bonds is 13. The number of hydrogen-bond acceptors (Lipinski definition) is 8. The van der Waals surface area contributed by atoms with Gasteiger partial charge in [0.15, 0.2) is 11.5 Å². The molecule has 0 aliphatic heterocycles. The highest BCUT2D eigenvalue weighted by Gasteiger charge is 2.29. The molecule has 0 bridgehead atoms. The van der Waals surface area contributed by atoms with Crippen molar-refractivity contribution in [2.24, 2.45) is 0 Å². The van der Waals surface area contributed by atoms with Crippen LogP contribution in [-0.2, 0) is 27.2 Å². The predicted octanol–water partition coefficient (Wildman–Crippen LogP) is 4.24. The Morgan fingerprint density at radius 1 is 1.03 bits per heavy atom. The molecule has 0 aliphatic carbocycles. The lowest BCUT2D eigenvalue weighted by molar-refractivity contribution is 0.0800. The van der Waals surface area contributed by atoms with Crippen LogP contribution in [0.25, 0.3) is 11.2 Å². The summed E-state index contributed by atoms with van der Waals surface area (Å²) >= 11 is 0. The zero-order valence-corrected chi connectivity index (χ0v) is 21.3. The van der Waals surface area contributed by atoms with Crippen LogP contribution >= 0.6 is 7.52 Å². The molecule has 36 heavy (non-hydrogen) atoms. The van der Waals surface area contributed by atoms with E-state index in [4.69, 9.17) is 19.7 Å². The van der Waals surface area contributed by atoms with Crippen LogP contribution in [0.5, 0.6) is 5.75 Å². The van der Waals surface area contributed by atoms with Crippen molar-refractivity contribution in [3.8, 4) is 5.75 Å². The summed E-state index contributed by atoms with van der Waals surface area (Å²) in [5, 5.41) is 3.11. The number of hydrogen-bond donors (Lipinski definition) is 2. The van der Waals surface area contributed by atoms with Crippen LogP contribution in [0.2, 0.25) is 0 Å². The van der Waals surface area contributed by atoms with E-state index in [0.717, 1.165) is 5.56 Å². The van der Waals surface area contributed by atoms with Gasteiger partial charge >= 0.3 is 7.52 Å².